The zero-order chi connectivity index (χ0) is 15.7. The summed E-state index contributed by atoms with van der Waals surface area (Å²) in [4.78, 5) is 11.5. The van der Waals surface area contributed by atoms with E-state index < -0.39 is 0 Å². The lowest BCUT2D eigenvalue weighted by molar-refractivity contribution is 0.229. The fourth-order valence-electron chi connectivity index (χ4n) is 2.02. The minimum Gasteiger partial charge on any atom is -0.493 e. The van der Waals surface area contributed by atoms with Crippen molar-refractivity contribution in [1.29, 1.82) is 0 Å². The quantitative estimate of drug-likeness (QED) is 0.643. The number of carbonyl (C=O) groups excluding carboxylic acids is 1. The van der Waals surface area contributed by atoms with Gasteiger partial charge in [0, 0.05) is 19.2 Å². The van der Waals surface area contributed by atoms with E-state index in [4.69, 9.17) is 9.84 Å². The molecule has 0 spiro atoms. The summed E-state index contributed by atoms with van der Waals surface area (Å²) < 4.78 is 5.76. The first-order valence-electron chi connectivity index (χ1n) is 7.38. The molecule has 0 saturated carbocycles. The average Bonchev–Trinajstić information content (AvgIpc) is 2.41. The number of ether oxygens (including phenoxy) is 1. The summed E-state index contributed by atoms with van der Waals surface area (Å²) in [6, 6.07) is 5.83. The number of aryl methyl sites for hydroxylation is 2. The van der Waals surface area contributed by atoms with Gasteiger partial charge >= 0.3 is 6.03 Å². The molecule has 0 unspecified atom stereocenters. The van der Waals surface area contributed by atoms with Gasteiger partial charge in [0.15, 0.2) is 0 Å². The van der Waals surface area contributed by atoms with Crippen molar-refractivity contribution >= 4 is 6.03 Å². The average molecular weight is 294 g/mol. The molecule has 1 aromatic rings. The van der Waals surface area contributed by atoms with Gasteiger partial charge in [-0.1, -0.05) is 18.2 Å². The molecule has 5 nitrogen and oxygen atoms in total. The molecule has 0 fully saturated rings. The van der Waals surface area contributed by atoms with E-state index in [1.807, 2.05) is 39.0 Å². The Labute approximate surface area is 126 Å². The molecule has 1 rings (SSSR count). The Morgan fingerprint density at radius 2 is 2.00 bits per heavy atom. The molecule has 21 heavy (non-hydrogen) atoms. The van der Waals surface area contributed by atoms with E-state index in [0.717, 1.165) is 23.3 Å². The van der Waals surface area contributed by atoms with Crippen molar-refractivity contribution in [2.24, 2.45) is 0 Å². The van der Waals surface area contributed by atoms with Crippen LogP contribution in [0.25, 0.3) is 0 Å². The van der Waals surface area contributed by atoms with Crippen LogP contribution in [0.1, 0.15) is 30.9 Å². The summed E-state index contributed by atoms with van der Waals surface area (Å²) in [7, 11) is 0. The van der Waals surface area contributed by atoms with Crippen molar-refractivity contribution in [2.75, 3.05) is 19.8 Å². The predicted octanol–water partition coefficient (Wildman–Crippen LogP) is 2.14. The standard InChI is InChI=1S/C16H26N2O3/c1-12-6-4-7-13(2)15(12)21-11-5-9-17-16(20)18-14(3)8-10-19/h4,6-7,14,19H,5,8-11H2,1-3H3,(H2,17,18,20)/t14-/m1/s1. The molecular formula is C16H26N2O3. The topological polar surface area (TPSA) is 70.6 Å². The lowest BCUT2D eigenvalue weighted by Crippen LogP contribution is -2.41. The number of hydrogen-bond donors (Lipinski definition) is 3. The zero-order valence-electron chi connectivity index (χ0n) is 13.1. The van der Waals surface area contributed by atoms with Gasteiger partial charge in [-0.05, 0) is 44.7 Å². The van der Waals surface area contributed by atoms with Gasteiger partial charge in [0.05, 0.1) is 6.61 Å². The van der Waals surface area contributed by atoms with Crippen LogP contribution in [-0.4, -0.2) is 36.9 Å². The molecule has 1 atom stereocenters. The molecule has 0 aliphatic rings. The van der Waals surface area contributed by atoms with Crippen LogP contribution in [0.4, 0.5) is 4.79 Å². The van der Waals surface area contributed by atoms with Crippen LogP contribution in [0, 0.1) is 13.8 Å². The van der Waals surface area contributed by atoms with Crippen LogP contribution in [-0.2, 0) is 0 Å². The predicted molar refractivity (Wildman–Crippen MR) is 83.7 cm³/mol. The third-order valence-electron chi connectivity index (χ3n) is 3.20. The van der Waals surface area contributed by atoms with Crippen molar-refractivity contribution in [1.82, 2.24) is 10.6 Å². The molecule has 1 aromatic carbocycles. The van der Waals surface area contributed by atoms with Crippen molar-refractivity contribution in [3.63, 3.8) is 0 Å². The first-order chi connectivity index (χ1) is 10.0. The van der Waals surface area contributed by atoms with Gasteiger partial charge in [-0.15, -0.1) is 0 Å². The largest absolute Gasteiger partial charge is 0.493 e. The number of benzene rings is 1. The highest BCUT2D eigenvalue weighted by atomic mass is 16.5. The van der Waals surface area contributed by atoms with Crippen LogP contribution in [0.5, 0.6) is 5.75 Å². The highest BCUT2D eigenvalue weighted by Crippen LogP contribution is 2.22. The summed E-state index contributed by atoms with van der Waals surface area (Å²) in [5.74, 6) is 0.929. The van der Waals surface area contributed by atoms with Crippen LogP contribution < -0.4 is 15.4 Å². The van der Waals surface area contributed by atoms with Gasteiger partial charge in [0.25, 0.3) is 0 Å². The number of carbonyl (C=O) groups is 1. The number of aliphatic hydroxyl groups is 1. The maximum absolute atomic E-state index is 11.5. The molecule has 118 valence electrons. The molecule has 0 aliphatic carbocycles. The van der Waals surface area contributed by atoms with Gasteiger partial charge in [-0.2, -0.15) is 0 Å². The van der Waals surface area contributed by atoms with Crippen molar-refractivity contribution in [3.05, 3.63) is 29.3 Å². The molecule has 0 radical (unpaired) electrons. The summed E-state index contributed by atoms with van der Waals surface area (Å²) in [6.07, 6.45) is 1.30. The van der Waals surface area contributed by atoms with E-state index in [2.05, 4.69) is 10.6 Å². The number of para-hydroxylation sites is 1. The second-order valence-corrected chi connectivity index (χ2v) is 5.24. The Morgan fingerprint density at radius 3 is 2.62 bits per heavy atom. The van der Waals surface area contributed by atoms with Crippen LogP contribution in [0.15, 0.2) is 18.2 Å². The summed E-state index contributed by atoms with van der Waals surface area (Å²) in [5, 5.41) is 14.3. The third kappa shape index (κ3) is 6.49. The minimum atomic E-state index is -0.206. The fourth-order valence-corrected chi connectivity index (χ4v) is 2.02. The van der Waals surface area contributed by atoms with Gasteiger partial charge in [0.2, 0.25) is 0 Å². The molecule has 0 aromatic heterocycles. The number of urea groups is 1. The van der Waals surface area contributed by atoms with Crippen molar-refractivity contribution < 1.29 is 14.6 Å². The fraction of sp³-hybridized carbons (Fsp3) is 0.562. The maximum atomic E-state index is 11.5. The SMILES string of the molecule is Cc1cccc(C)c1OCCCNC(=O)N[C@H](C)CCO. The van der Waals surface area contributed by atoms with E-state index in [1.165, 1.54) is 0 Å². The number of rotatable bonds is 8. The molecule has 0 saturated heterocycles. The Morgan fingerprint density at radius 1 is 1.33 bits per heavy atom. The first kappa shape index (κ1) is 17.3. The molecule has 0 heterocycles. The number of hydrogen-bond acceptors (Lipinski definition) is 3. The normalized spacial score (nSPS) is 11.8. The Bertz CT molecular complexity index is 429. The van der Waals surface area contributed by atoms with Crippen LogP contribution in [0.3, 0.4) is 0 Å². The number of amides is 2. The summed E-state index contributed by atoms with van der Waals surface area (Å²) in [6.45, 7) is 7.11. The van der Waals surface area contributed by atoms with Crippen molar-refractivity contribution in [3.8, 4) is 5.75 Å². The number of nitrogens with one attached hydrogen (secondary N) is 2. The highest BCUT2D eigenvalue weighted by Gasteiger charge is 2.06. The van der Waals surface area contributed by atoms with E-state index >= 15 is 0 Å². The maximum Gasteiger partial charge on any atom is 0.314 e. The first-order valence-corrected chi connectivity index (χ1v) is 7.38. The van der Waals surface area contributed by atoms with Crippen LogP contribution >= 0.6 is 0 Å². The van der Waals surface area contributed by atoms with Crippen molar-refractivity contribution in [2.45, 2.75) is 39.7 Å². The Balaban J connectivity index is 2.19. The minimum absolute atomic E-state index is 0.0270. The third-order valence-corrected chi connectivity index (χ3v) is 3.20. The molecule has 3 N–H and O–H groups in total. The molecule has 0 aliphatic heterocycles. The Hall–Kier alpha value is -1.75. The van der Waals surface area contributed by atoms with E-state index in [0.29, 0.717) is 19.6 Å². The second kappa shape index (κ2) is 9.23. The van der Waals surface area contributed by atoms with Gasteiger partial charge in [0.1, 0.15) is 5.75 Å². The van der Waals surface area contributed by atoms with Gasteiger partial charge < -0.3 is 20.5 Å². The smallest absolute Gasteiger partial charge is 0.314 e. The summed E-state index contributed by atoms with van der Waals surface area (Å²) >= 11 is 0. The lowest BCUT2D eigenvalue weighted by Gasteiger charge is -2.14. The van der Waals surface area contributed by atoms with E-state index in [-0.39, 0.29) is 18.7 Å². The molecule has 0 bridgehead atoms. The zero-order valence-corrected chi connectivity index (χ0v) is 13.1. The number of aliphatic hydroxyl groups excluding tert-OH is 1. The lowest BCUT2D eigenvalue weighted by atomic mass is 10.1. The summed E-state index contributed by atoms with van der Waals surface area (Å²) in [5.41, 5.74) is 2.25. The van der Waals surface area contributed by atoms with E-state index in [1.54, 1.807) is 0 Å². The van der Waals surface area contributed by atoms with E-state index in [9.17, 15) is 4.79 Å². The van der Waals surface area contributed by atoms with Crippen LogP contribution in [0.2, 0.25) is 0 Å². The molecule has 2 amide bonds. The molecular weight excluding hydrogens is 268 g/mol. The van der Waals surface area contributed by atoms with Gasteiger partial charge in [-0.25, -0.2) is 4.79 Å². The Kier molecular flexibility index (Phi) is 7.61. The highest BCUT2D eigenvalue weighted by molar-refractivity contribution is 5.74. The van der Waals surface area contributed by atoms with Gasteiger partial charge in [-0.3, -0.25) is 0 Å². The molecule has 5 heteroatoms. The second-order valence-electron chi connectivity index (χ2n) is 5.24. The monoisotopic (exact) mass is 294 g/mol.